The monoisotopic (exact) mass is 331 g/mol. The Bertz CT molecular complexity index is 636. The maximum absolute atomic E-state index is 12.3. The third-order valence-corrected chi connectivity index (χ3v) is 5.66. The van der Waals surface area contributed by atoms with Crippen LogP contribution in [0.25, 0.3) is 0 Å². The van der Waals surface area contributed by atoms with Crippen molar-refractivity contribution in [2.75, 3.05) is 0 Å². The van der Waals surface area contributed by atoms with E-state index in [0.29, 0.717) is 5.92 Å². The van der Waals surface area contributed by atoms with E-state index >= 15 is 0 Å². The molecule has 0 aliphatic heterocycles. The van der Waals surface area contributed by atoms with Crippen molar-refractivity contribution in [3.8, 4) is 0 Å². The zero-order valence-electron chi connectivity index (χ0n) is 11.7. The van der Waals surface area contributed by atoms with Crippen molar-refractivity contribution in [2.24, 2.45) is 5.92 Å². The van der Waals surface area contributed by atoms with Crippen LogP contribution >= 0.6 is 11.6 Å². The highest BCUT2D eigenvalue weighted by molar-refractivity contribution is 7.89. The van der Waals surface area contributed by atoms with E-state index in [1.807, 2.05) is 0 Å². The molecule has 1 aromatic rings. The third-order valence-electron chi connectivity index (χ3n) is 3.82. The van der Waals surface area contributed by atoms with Crippen molar-refractivity contribution in [2.45, 2.75) is 43.5 Å². The number of hydrogen-bond acceptors (Lipinski definition) is 3. The van der Waals surface area contributed by atoms with Crippen LogP contribution in [0, 0.1) is 5.92 Å². The Hall–Kier alpha value is -1.11. The number of halogens is 1. The molecule has 0 aromatic heterocycles. The van der Waals surface area contributed by atoms with Crippen molar-refractivity contribution in [3.63, 3.8) is 0 Å². The molecule has 0 bridgehead atoms. The number of aromatic carboxylic acids is 1. The molecule has 0 radical (unpaired) electrons. The van der Waals surface area contributed by atoms with Gasteiger partial charge in [-0.05, 0) is 49.8 Å². The van der Waals surface area contributed by atoms with Crippen LogP contribution < -0.4 is 4.72 Å². The molecule has 0 heterocycles. The molecule has 0 amide bonds. The van der Waals surface area contributed by atoms with Crippen LogP contribution in [0.4, 0.5) is 0 Å². The average molecular weight is 332 g/mol. The van der Waals surface area contributed by atoms with Crippen LogP contribution in [0.2, 0.25) is 5.02 Å². The lowest BCUT2D eigenvalue weighted by molar-refractivity contribution is 0.0697. The van der Waals surface area contributed by atoms with Gasteiger partial charge in [0.1, 0.15) is 0 Å². The van der Waals surface area contributed by atoms with Crippen LogP contribution in [-0.2, 0) is 10.0 Å². The van der Waals surface area contributed by atoms with Gasteiger partial charge in [0.2, 0.25) is 10.0 Å². The fraction of sp³-hybridized carbons (Fsp3) is 0.500. The number of sulfonamides is 1. The molecular formula is C14H18ClNO4S. The van der Waals surface area contributed by atoms with Crippen molar-refractivity contribution in [1.29, 1.82) is 0 Å². The molecule has 0 unspecified atom stereocenters. The van der Waals surface area contributed by atoms with Gasteiger partial charge in [-0.3, -0.25) is 0 Å². The minimum atomic E-state index is -3.72. The lowest BCUT2D eigenvalue weighted by Crippen LogP contribution is -2.37. The SMILES string of the molecule is CC1CCC(NS(=O)(=O)c2ccc(Cl)c(C(=O)O)c2)CC1. The summed E-state index contributed by atoms with van der Waals surface area (Å²) in [7, 11) is -3.72. The Morgan fingerprint density at radius 1 is 1.29 bits per heavy atom. The molecule has 116 valence electrons. The first kappa shape index (κ1) is 16.3. The highest BCUT2D eigenvalue weighted by Gasteiger charge is 2.25. The highest BCUT2D eigenvalue weighted by atomic mass is 35.5. The first-order chi connectivity index (χ1) is 9.79. The number of carboxylic acid groups (broad SMARTS) is 1. The van der Waals surface area contributed by atoms with Crippen molar-refractivity contribution < 1.29 is 18.3 Å². The molecule has 0 spiro atoms. The lowest BCUT2D eigenvalue weighted by atomic mass is 9.88. The molecule has 5 nitrogen and oxygen atoms in total. The van der Waals surface area contributed by atoms with Crippen molar-refractivity contribution >= 4 is 27.6 Å². The minimum absolute atomic E-state index is 0.0212. The summed E-state index contributed by atoms with van der Waals surface area (Å²) in [5, 5.41) is 9.03. The number of nitrogens with one attached hydrogen (secondary N) is 1. The van der Waals surface area contributed by atoms with Crippen LogP contribution in [0.15, 0.2) is 23.1 Å². The molecule has 1 aromatic carbocycles. The number of hydrogen-bond donors (Lipinski definition) is 2. The summed E-state index contributed by atoms with van der Waals surface area (Å²) in [5.74, 6) is -0.622. The van der Waals surface area contributed by atoms with Gasteiger partial charge < -0.3 is 5.11 Å². The molecule has 1 fully saturated rings. The standard InChI is InChI=1S/C14H18ClNO4S/c1-9-2-4-10(5-3-9)16-21(19,20)11-6-7-13(15)12(8-11)14(17)18/h6-10,16H,2-5H2,1H3,(H,17,18). The van der Waals surface area contributed by atoms with E-state index in [4.69, 9.17) is 16.7 Å². The zero-order valence-corrected chi connectivity index (χ0v) is 13.2. The summed E-state index contributed by atoms with van der Waals surface area (Å²) in [5.41, 5.74) is -0.211. The highest BCUT2D eigenvalue weighted by Crippen LogP contribution is 2.26. The summed E-state index contributed by atoms with van der Waals surface area (Å²) >= 11 is 5.75. The summed E-state index contributed by atoms with van der Waals surface area (Å²) in [4.78, 5) is 11.0. The molecular weight excluding hydrogens is 314 g/mol. The second-order valence-electron chi connectivity index (χ2n) is 5.52. The number of carboxylic acids is 1. The van der Waals surface area contributed by atoms with E-state index in [1.54, 1.807) is 0 Å². The molecule has 1 saturated carbocycles. The van der Waals surface area contributed by atoms with E-state index in [9.17, 15) is 13.2 Å². The summed E-state index contributed by atoms with van der Waals surface area (Å²) < 4.78 is 27.3. The first-order valence-electron chi connectivity index (χ1n) is 6.85. The van der Waals surface area contributed by atoms with Crippen molar-refractivity contribution in [3.05, 3.63) is 28.8 Å². The number of rotatable bonds is 4. The molecule has 0 atom stereocenters. The van der Waals surface area contributed by atoms with Gasteiger partial charge in [0.25, 0.3) is 0 Å². The van der Waals surface area contributed by atoms with Gasteiger partial charge in [-0.25, -0.2) is 17.9 Å². The molecule has 21 heavy (non-hydrogen) atoms. The van der Waals surface area contributed by atoms with Gasteiger partial charge in [0.15, 0.2) is 0 Å². The fourth-order valence-corrected chi connectivity index (χ4v) is 4.03. The number of carbonyl (C=O) groups is 1. The predicted molar refractivity (Wildman–Crippen MR) is 80.2 cm³/mol. The Labute approximate surface area is 129 Å². The maximum Gasteiger partial charge on any atom is 0.337 e. The molecule has 0 saturated heterocycles. The molecule has 7 heteroatoms. The normalized spacial score (nSPS) is 23.0. The predicted octanol–water partition coefficient (Wildman–Crippen LogP) is 2.90. The van der Waals surface area contributed by atoms with Gasteiger partial charge in [0.05, 0.1) is 15.5 Å². The quantitative estimate of drug-likeness (QED) is 0.888. The Kier molecular flexibility index (Phi) is 4.91. The Balaban J connectivity index is 2.20. The Morgan fingerprint density at radius 2 is 1.90 bits per heavy atom. The molecule has 2 N–H and O–H groups in total. The van der Waals surface area contributed by atoms with Gasteiger partial charge >= 0.3 is 5.97 Å². The van der Waals surface area contributed by atoms with Gasteiger partial charge in [0, 0.05) is 6.04 Å². The van der Waals surface area contributed by atoms with Crippen LogP contribution in [0.5, 0.6) is 0 Å². The van der Waals surface area contributed by atoms with E-state index in [0.717, 1.165) is 31.7 Å². The summed E-state index contributed by atoms with van der Waals surface area (Å²) in [6, 6.07) is 3.62. The van der Waals surface area contributed by atoms with E-state index in [1.165, 1.54) is 12.1 Å². The first-order valence-corrected chi connectivity index (χ1v) is 8.71. The van der Waals surface area contributed by atoms with Gasteiger partial charge in [-0.2, -0.15) is 0 Å². The Morgan fingerprint density at radius 3 is 2.48 bits per heavy atom. The summed E-state index contributed by atoms with van der Waals surface area (Å²) in [6.45, 7) is 2.16. The molecule has 1 aliphatic rings. The fourth-order valence-electron chi connectivity index (χ4n) is 2.50. The van der Waals surface area contributed by atoms with E-state index in [-0.39, 0.29) is 21.5 Å². The second-order valence-corrected chi connectivity index (χ2v) is 7.65. The van der Waals surface area contributed by atoms with Crippen LogP contribution in [0.3, 0.4) is 0 Å². The smallest absolute Gasteiger partial charge is 0.337 e. The van der Waals surface area contributed by atoms with Gasteiger partial charge in [-0.15, -0.1) is 0 Å². The van der Waals surface area contributed by atoms with Crippen LogP contribution in [-0.4, -0.2) is 25.5 Å². The lowest BCUT2D eigenvalue weighted by Gasteiger charge is -2.26. The average Bonchev–Trinajstić information content (AvgIpc) is 2.41. The summed E-state index contributed by atoms with van der Waals surface area (Å²) in [6.07, 6.45) is 3.60. The second kappa shape index (κ2) is 6.34. The number of benzene rings is 1. The maximum atomic E-state index is 12.3. The minimum Gasteiger partial charge on any atom is -0.478 e. The zero-order chi connectivity index (χ0) is 15.6. The third kappa shape index (κ3) is 3.96. The molecule has 2 rings (SSSR count). The topological polar surface area (TPSA) is 83.5 Å². The van der Waals surface area contributed by atoms with Gasteiger partial charge in [-0.1, -0.05) is 18.5 Å². The largest absolute Gasteiger partial charge is 0.478 e. The van der Waals surface area contributed by atoms with Crippen LogP contribution in [0.1, 0.15) is 43.0 Å². The van der Waals surface area contributed by atoms with E-state index in [2.05, 4.69) is 11.6 Å². The van der Waals surface area contributed by atoms with Crippen molar-refractivity contribution in [1.82, 2.24) is 4.72 Å². The van der Waals surface area contributed by atoms with E-state index < -0.39 is 16.0 Å². The molecule has 1 aliphatic carbocycles.